The minimum absolute atomic E-state index is 0.0855. The maximum absolute atomic E-state index is 13.9. The Morgan fingerprint density at radius 3 is 2.81 bits per heavy atom. The number of aromatic nitrogens is 4. The zero-order valence-electron chi connectivity index (χ0n) is 20.3. The van der Waals surface area contributed by atoms with E-state index in [-0.39, 0.29) is 24.4 Å². The van der Waals surface area contributed by atoms with E-state index >= 15 is 0 Å². The highest BCUT2D eigenvalue weighted by Gasteiger charge is 2.56. The van der Waals surface area contributed by atoms with Crippen molar-refractivity contribution in [3.8, 4) is 0 Å². The van der Waals surface area contributed by atoms with E-state index in [4.69, 9.17) is 5.73 Å². The Labute approximate surface area is 221 Å². The van der Waals surface area contributed by atoms with Crippen molar-refractivity contribution in [3.05, 3.63) is 52.4 Å². The normalized spacial score (nSPS) is 22.4. The number of carbonyl (C=O) groups is 2. The van der Waals surface area contributed by atoms with Gasteiger partial charge in [-0.05, 0) is 89.7 Å². The molecule has 3 aliphatic rings. The number of benzene rings is 1. The number of nitrogens with one attached hydrogen (secondary N) is 1. The number of likely N-dealkylation sites (tertiary alicyclic amines) is 1. The van der Waals surface area contributed by atoms with Gasteiger partial charge >= 0.3 is 0 Å². The van der Waals surface area contributed by atoms with Crippen LogP contribution in [0.4, 0.5) is 11.6 Å². The number of nitrogens with two attached hydrogens (primary N) is 1. The predicted octanol–water partition coefficient (Wildman–Crippen LogP) is 4.14. The van der Waals surface area contributed by atoms with E-state index in [1.807, 2.05) is 10.6 Å². The van der Waals surface area contributed by atoms with Crippen molar-refractivity contribution in [2.75, 3.05) is 11.1 Å². The first kappa shape index (κ1) is 22.7. The van der Waals surface area contributed by atoms with Gasteiger partial charge in [-0.2, -0.15) is 0 Å². The summed E-state index contributed by atoms with van der Waals surface area (Å²) < 4.78 is 2.60. The summed E-state index contributed by atoms with van der Waals surface area (Å²) in [6, 6.07) is 9.35. The first-order chi connectivity index (χ1) is 17.9. The molecular formula is C27H26BrN7O2. The summed E-state index contributed by atoms with van der Waals surface area (Å²) in [5.41, 5.74) is 10.3. The lowest BCUT2D eigenvalue weighted by Gasteiger charge is -2.27. The number of hydrogen-bond donors (Lipinski definition) is 2. The lowest BCUT2D eigenvalue weighted by Crippen LogP contribution is -2.46. The number of nitrogen functional groups attached to an aromatic ring is 1. The fraction of sp³-hybridized carbons (Fsp3) is 0.370. The van der Waals surface area contributed by atoms with Gasteiger partial charge in [0.1, 0.15) is 40.8 Å². The van der Waals surface area contributed by atoms with Crippen LogP contribution in [0.15, 0.2) is 41.3 Å². The lowest BCUT2D eigenvalue weighted by molar-refractivity contribution is -0.138. The molecule has 3 fully saturated rings. The molecule has 4 aromatic rings. The zero-order valence-corrected chi connectivity index (χ0v) is 21.9. The van der Waals surface area contributed by atoms with Gasteiger partial charge in [0.2, 0.25) is 11.8 Å². The Bertz CT molecular complexity index is 1610. The van der Waals surface area contributed by atoms with Crippen molar-refractivity contribution < 1.29 is 9.59 Å². The highest BCUT2D eigenvalue weighted by molar-refractivity contribution is 9.10. The van der Waals surface area contributed by atoms with Gasteiger partial charge in [0.05, 0.1) is 10.9 Å². The smallest absolute Gasteiger partial charge is 0.248 e. The molecule has 0 radical (unpaired) electrons. The zero-order chi connectivity index (χ0) is 25.4. The molecule has 7 rings (SSSR count). The molecule has 2 amide bonds. The van der Waals surface area contributed by atoms with Gasteiger partial charge in [0, 0.05) is 11.4 Å². The minimum Gasteiger partial charge on any atom is -0.383 e. The number of fused-ring (bicyclic) bond motifs is 4. The summed E-state index contributed by atoms with van der Waals surface area (Å²) in [7, 11) is 0. The SMILES string of the molecule is Cc1cc(C2CC2)cc2c3c(N)ncnc3n(CC(=O)N3[C@@H]4CC4C[C@H]3C(=O)Nc3cccc(Br)n3)c12. The molecule has 2 saturated carbocycles. The van der Waals surface area contributed by atoms with Crippen LogP contribution in [0.5, 0.6) is 0 Å². The van der Waals surface area contributed by atoms with E-state index in [1.54, 1.807) is 17.0 Å². The molecule has 2 aliphatic carbocycles. The van der Waals surface area contributed by atoms with Crippen molar-refractivity contribution in [2.45, 2.75) is 57.2 Å². The van der Waals surface area contributed by atoms with Crippen LogP contribution in [-0.4, -0.2) is 48.3 Å². The Balaban J connectivity index is 1.24. The first-order valence-electron chi connectivity index (χ1n) is 12.7. The van der Waals surface area contributed by atoms with Crippen molar-refractivity contribution in [3.63, 3.8) is 0 Å². The van der Waals surface area contributed by atoms with Crippen molar-refractivity contribution in [2.24, 2.45) is 5.92 Å². The van der Waals surface area contributed by atoms with Crippen LogP contribution >= 0.6 is 15.9 Å². The van der Waals surface area contributed by atoms with E-state index in [2.05, 4.69) is 55.3 Å². The second-order valence-electron chi connectivity index (χ2n) is 10.5. The Kier molecular flexibility index (Phi) is 5.04. The molecule has 188 valence electrons. The van der Waals surface area contributed by atoms with Gasteiger partial charge in [0.25, 0.3) is 0 Å². The van der Waals surface area contributed by atoms with E-state index < -0.39 is 6.04 Å². The third kappa shape index (κ3) is 3.77. The van der Waals surface area contributed by atoms with Crippen LogP contribution in [-0.2, 0) is 16.1 Å². The van der Waals surface area contributed by atoms with Crippen LogP contribution in [0.25, 0.3) is 21.9 Å². The van der Waals surface area contributed by atoms with Crippen LogP contribution < -0.4 is 11.1 Å². The molecule has 1 unspecified atom stereocenters. The van der Waals surface area contributed by atoms with Gasteiger partial charge in [0.15, 0.2) is 0 Å². The molecule has 1 aromatic carbocycles. The molecule has 3 aromatic heterocycles. The minimum atomic E-state index is -0.521. The predicted molar refractivity (Wildman–Crippen MR) is 144 cm³/mol. The maximum Gasteiger partial charge on any atom is 0.248 e. The number of carbonyl (C=O) groups excluding carboxylic acids is 2. The summed E-state index contributed by atoms with van der Waals surface area (Å²) in [5.74, 6) is 1.54. The highest BCUT2D eigenvalue weighted by atomic mass is 79.9. The molecule has 0 spiro atoms. The second kappa shape index (κ2) is 8.24. The number of rotatable bonds is 5. The van der Waals surface area contributed by atoms with E-state index in [0.29, 0.717) is 40.1 Å². The summed E-state index contributed by atoms with van der Waals surface area (Å²) in [4.78, 5) is 42.0. The average Bonchev–Trinajstić information content (AvgIpc) is 3.79. The molecule has 3 atom stereocenters. The van der Waals surface area contributed by atoms with Gasteiger partial charge in [-0.25, -0.2) is 15.0 Å². The van der Waals surface area contributed by atoms with Crippen LogP contribution in [0, 0.1) is 12.8 Å². The Hall–Kier alpha value is -3.53. The average molecular weight is 560 g/mol. The topological polar surface area (TPSA) is 119 Å². The number of pyridine rings is 1. The molecule has 9 nitrogen and oxygen atoms in total. The molecule has 0 bridgehead atoms. The van der Waals surface area contributed by atoms with Gasteiger partial charge in [-0.3, -0.25) is 9.59 Å². The largest absolute Gasteiger partial charge is 0.383 e. The fourth-order valence-corrected chi connectivity index (χ4v) is 6.42. The third-order valence-corrected chi connectivity index (χ3v) is 8.42. The standard InChI is InChI=1S/C27H26BrN7O2/c1-13-7-15(14-5-6-14)8-17-23-25(29)30-12-31-26(23)34(24(13)17)11-22(36)35-18-9-16(18)10-19(35)27(37)33-21-4-2-3-20(28)32-21/h2-4,7-8,12,14,16,18-19H,5-6,9-11H2,1H3,(H2,29,30,31)(H,32,33,37)/t16?,18-,19+/m1/s1. The highest BCUT2D eigenvalue weighted by Crippen LogP contribution is 2.48. The van der Waals surface area contributed by atoms with Crippen LogP contribution in [0.3, 0.4) is 0 Å². The summed E-state index contributed by atoms with van der Waals surface area (Å²) in [6.45, 7) is 2.16. The number of aryl methyl sites for hydroxylation is 1. The molecule has 3 N–H and O–H groups in total. The molecule has 10 heteroatoms. The number of piperidine rings is 1. The second-order valence-corrected chi connectivity index (χ2v) is 11.3. The summed E-state index contributed by atoms with van der Waals surface area (Å²) in [6.07, 6.45) is 5.46. The Morgan fingerprint density at radius 1 is 1.19 bits per heavy atom. The van der Waals surface area contributed by atoms with Gasteiger partial charge < -0.3 is 20.5 Å². The van der Waals surface area contributed by atoms with Crippen molar-refractivity contribution >= 4 is 61.3 Å². The van der Waals surface area contributed by atoms with Gasteiger partial charge in [-0.15, -0.1) is 0 Å². The quantitative estimate of drug-likeness (QED) is 0.355. The fourth-order valence-electron chi connectivity index (χ4n) is 6.07. The van der Waals surface area contributed by atoms with E-state index in [9.17, 15) is 9.59 Å². The van der Waals surface area contributed by atoms with Crippen molar-refractivity contribution in [1.82, 2.24) is 24.4 Å². The number of nitrogens with zero attached hydrogens (tertiary/aromatic N) is 5. The molecule has 37 heavy (non-hydrogen) atoms. The lowest BCUT2D eigenvalue weighted by atomic mass is 10.0. The first-order valence-corrected chi connectivity index (χ1v) is 13.5. The summed E-state index contributed by atoms with van der Waals surface area (Å²) in [5, 5.41) is 4.67. The summed E-state index contributed by atoms with van der Waals surface area (Å²) >= 11 is 3.34. The Morgan fingerprint density at radius 2 is 2.03 bits per heavy atom. The molecule has 1 saturated heterocycles. The monoisotopic (exact) mass is 559 g/mol. The van der Waals surface area contributed by atoms with Crippen molar-refractivity contribution in [1.29, 1.82) is 0 Å². The molecule has 1 aliphatic heterocycles. The van der Waals surface area contributed by atoms with Gasteiger partial charge in [-0.1, -0.05) is 12.1 Å². The molecular weight excluding hydrogens is 534 g/mol. The number of halogens is 1. The van der Waals surface area contributed by atoms with E-state index in [0.717, 1.165) is 28.3 Å². The number of amides is 2. The maximum atomic E-state index is 13.9. The molecule has 4 heterocycles. The number of hydrogen-bond acceptors (Lipinski definition) is 6. The van der Waals surface area contributed by atoms with Crippen LogP contribution in [0.1, 0.15) is 42.7 Å². The number of anilines is 2. The van der Waals surface area contributed by atoms with Crippen LogP contribution in [0.2, 0.25) is 0 Å². The third-order valence-electron chi connectivity index (χ3n) is 7.98. The van der Waals surface area contributed by atoms with E-state index in [1.165, 1.54) is 24.7 Å².